The van der Waals surface area contributed by atoms with Crippen LogP contribution < -0.4 is 14.2 Å². The van der Waals surface area contributed by atoms with Crippen molar-refractivity contribution in [2.75, 3.05) is 21.3 Å². The summed E-state index contributed by atoms with van der Waals surface area (Å²) in [7, 11) is 4.51. The van der Waals surface area contributed by atoms with Gasteiger partial charge in [-0.25, -0.2) is 9.78 Å². The number of aromatic nitrogens is 4. The van der Waals surface area contributed by atoms with Crippen molar-refractivity contribution < 1.29 is 28.6 Å². The fraction of sp³-hybridized carbons (Fsp3) is 0.182. The zero-order valence-electron chi connectivity index (χ0n) is 18.1. The summed E-state index contributed by atoms with van der Waals surface area (Å²) in [6.45, 7) is 1.70. The Kier molecular flexibility index (Phi) is 5.93. The first kappa shape index (κ1) is 22.2. The van der Waals surface area contributed by atoms with Crippen LogP contribution in [0.4, 0.5) is 0 Å². The molecule has 4 aromatic rings. The Morgan fingerprint density at radius 3 is 2.30 bits per heavy atom. The van der Waals surface area contributed by atoms with Crippen molar-refractivity contribution in [3.05, 3.63) is 52.9 Å². The lowest BCUT2D eigenvalue weighted by atomic mass is 10.1. The second-order valence-electron chi connectivity index (χ2n) is 6.80. The highest BCUT2D eigenvalue weighted by Crippen LogP contribution is 2.41. The summed E-state index contributed by atoms with van der Waals surface area (Å²) in [5.74, 6) is 0.0816. The van der Waals surface area contributed by atoms with E-state index in [0.29, 0.717) is 39.2 Å². The van der Waals surface area contributed by atoms with E-state index in [-0.39, 0.29) is 23.2 Å². The molecule has 33 heavy (non-hydrogen) atoms. The molecule has 0 saturated heterocycles. The summed E-state index contributed by atoms with van der Waals surface area (Å²) < 4.78 is 22.9. The number of carboxylic acids is 1. The van der Waals surface area contributed by atoms with Crippen molar-refractivity contribution in [2.45, 2.75) is 6.92 Å². The monoisotopic (exact) mass is 470 g/mol. The van der Waals surface area contributed by atoms with Crippen molar-refractivity contribution in [1.82, 2.24) is 19.7 Å². The maximum atomic E-state index is 11.9. The average molecular weight is 471 g/mol. The highest BCUT2D eigenvalue weighted by atomic mass is 35.5. The molecule has 2 aromatic heterocycles. The number of methoxy groups -OCH3 is 3. The molecule has 0 amide bonds. The molecule has 0 radical (unpaired) electrons. The van der Waals surface area contributed by atoms with Gasteiger partial charge >= 0.3 is 5.97 Å². The highest BCUT2D eigenvalue weighted by Gasteiger charge is 2.26. The van der Waals surface area contributed by atoms with Gasteiger partial charge in [0.2, 0.25) is 17.4 Å². The number of benzene rings is 2. The van der Waals surface area contributed by atoms with E-state index in [1.165, 1.54) is 25.9 Å². The molecule has 0 unspecified atom stereocenters. The van der Waals surface area contributed by atoms with E-state index in [9.17, 15) is 9.90 Å². The molecule has 0 aliphatic heterocycles. The van der Waals surface area contributed by atoms with Crippen molar-refractivity contribution in [2.24, 2.45) is 0 Å². The first-order valence-corrected chi connectivity index (χ1v) is 9.99. The van der Waals surface area contributed by atoms with Crippen molar-refractivity contribution in [1.29, 1.82) is 0 Å². The second kappa shape index (κ2) is 8.83. The summed E-state index contributed by atoms with van der Waals surface area (Å²) in [5.41, 5.74) is 1.71. The van der Waals surface area contributed by atoms with Crippen LogP contribution >= 0.6 is 11.6 Å². The van der Waals surface area contributed by atoms with E-state index in [1.54, 1.807) is 43.3 Å². The minimum atomic E-state index is -1.23. The number of hydrogen-bond donors (Lipinski definition) is 1. The third-order valence-electron chi connectivity index (χ3n) is 4.94. The maximum Gasteiger partial charge on any atom is 0.372 e. The average Bonchev–Trinajstić information content (AvgIpc) is 3.43. The largest absolute Gasteiger partial charge is 0.493 e. The van der Waals surface area contributed by atoms with E-state index in [0.717, 1.165) is 0 Å². The Bertz CT molecular complexity index is 1320. The molecular weight excluding hydrogens is 452 g/mol. The van der Waals surface area contributed by atoms with E-state index in [1.807, 2.05) is 0 Å². The van der Waals surface area contributed by atoms with Gasteiger partial charge in [-0.15, -0.1) is 0 Å². The zero-order chi connectivity index (χ0) is 23.7. The van der Waals surface area contributed by atoms with E-state index < -0.39 is 5.97 Å². The number of imidazole rings is 1. The molecule has 170 valence electrons. The minimum absolute atomic E-state index is 0.0459. The molecule has 4 rings (SSSR count). The Morgan fingerprint density at radius 2 is 1.73 bits per heavy atom. The third kappa shape index (κ3) is 3.85. The highest BCUT2D eigenvalue weighted by molar-refractivity contribution is 6.32. The minimum Gasteiger partial charge on any atom is -0.493 e. The number of carboxylic acid groups (broad SMARTS) is 1. The predicted octanol–water partition coefficient (Wildman–Crippen LogP) is 4.28. The van der Waals surface area contributed by atoms with Crippen LogP contribution in [0.15, 0.2) is 40.9 Å². The molecule has 0 saturated carbocycles. The molecule has 0 fully saturated rings. The third-order valence-corrected chi connectivity index (χ3v) is 5.26. The van der Waals surface area contributed by atoms with Crippen LogP contribution in [-0.2, 0) is 0 Å². The first-order valence-electron chi connectivity index (χ1n) is 9.61. The van der Waals surface area contributed by atoms with Crippen LogP contribution in [0.1, 0.15) is 16.3 Å². The van der Waals surface area contributed by atoms with Crippen LogP contribution in [0, 0.1) is 6.92 Å². The van der Waals surface area contributed by atoms with Crippen LogP contribution in [0.25, 0.3) is 28.7 Å². The topological polar surface area (TPSA) is 122 Å². The zero-order valence-corrected chi connectivity index (χ0v) is 18.9. The molecule has 2 heterocycles. The lowest BCUT2D eigenvalue weighted by Gasteiger charge is -2.12. The molecular formula is C22H19ClN4O6. The van der Waals surface area contributed by atoms with E-state index in [4.69, 9.17) is 30.3 Å². The fourth-order valence-electron chi connectivity index (χ4n) is 3.42. The van der Waals surface area contributed by atoms with Gasteiger partial charge in [-0.05, 0) is 31.2 Å². The molecule has 0 atom stereocenters. The van der Waals surface area contributed by atoms with Gasteiger partial charge < -0.3 is 23.8 Å². The maximum absolute atomic E-state index is 11.9. The van der Waals surface area contributed by atoms with E-state index >= 15 is 0 Å². The van der Waals surface area contributed by atoms with Gasteiger partial charge in [-0.3, -0.25) is 4.57 Å². The van der Waals surface area contributed by atoms with Gasteiger partial charge in [0, 0.05) is 5.56 Å². The van der Waals surface area contributed by atoms with Crippen molar-refractivity contribution >= 4 is 17.6 Å². The second-order valence-corrected chi connectivity index (χ2v) is 7.21. The van der Waals surface area contributed by atoms with Crippen LogP contribution in [-0.4, -0.2) is 52.1 Å². The Hall–Kier alpha value is -4.05. The Labute approximate surface area is 193 Å². The van der Waals surface area contributed by atoms with Crippen LogP contribution in [0.2, 0.25) is 5.02 Å². The summed E-state index contributed by atoms with van der Waals surface area (Å²) >= 11 is 6.30. The van der Waals surface area contributed by atoms with Crippen LogP contribution in [0.5, 0.6) is 17.2 Å². The van der Waals surface area contributed by atoms with Gasteiger partial charge in [0.15, 0.2) is 17.2 Å². The molecule has 0 spiro atoms. The van der Waals surface area contributed by atoms with Gasteiger partial charge in [0.1, 0.15) is 0 Å². The standard InChI is InChI=1S/C22H19ClN4O6/c1-11-17(24-20(22(28)29)27(11)14-8-6-5-7-13(14)23)21-25-19(26-33-21)12-9-15(30-2)18(32-4)16(10-12)31-3/h5-10H,1-4H3,(H,28,29). The van der Waals surface area contributed by atoms with Gasteiger partial charge in [0.25, 0.3) is 5.89 Å². The lowest BCUT2D eigenvalue weighted by molar-refractivity contribution is 0.0681. The Balaban J connectivity index is 1.83. The van der Waals surface area contributed by atoms with Crippen LogP contribution in [0.3, 0.4) is 0 Å². The number of halogens is 1. The fourth-order valence-corrected chi connectivity index (χ4v) is 3.64. The summed E-state index contributed by atoms with van der Waals surface area (Å²) in [6.07, 6.45) is 0. The number of carbonyl (C=O) groups is 1. The number of para-hydroxylation sites is 1. The number of ether oxygens (including phenoxy) is 3. The Morgan fingerprint density at radius 1 is 1.06 bits per heavy atom. The van der Waals surface area contributed by atoms with Crippen molar-refractivity contribution in [3.63, 3.8) is 0 Å². The summed E-state index contributed by atoms with van der Waals surface area (Å²) in [5, 5.41) is 14.1. The van der Waals surface area contributed by atoms with Crippen molar-refractivity contribution in [3.8, 4) is 45.9 Å². The molecule has 1 N–H and O–H groups in total. The quantitative estimate of drug-likeness (QED) is 0.421. The predicted molar refractivity (Wildman–Crippen MR) is 119 cm³/mol. The molecule has 2 aromatic carbocycles. The van der Waals surface area contributed by atoms with E-state index in [2.05, 4.69) is 15.1 Å². The number of aromatic carboxylic acids is 1. The smallest absolute Gasteiger partial charge is 0.372 e. The molecule has 11 heteroatoms. The first-order chi connectivity index (χ1) is 15.9. The SMILES string of the molecule is COc1cc(-c2noc(-c3nc(C(=O)O)n(-c4ccccc4Cl)c3C)n2)cc(OC)c1OC. The lowest BCUT2D eigenvalue weighted by Crippen LogP contribution is -2.09. The molecule has 0 bridgehead atoms. The van der Waals surface area contributed by atoms with Gasteiger partial charge in [-0.1, -0.05) is 28.9 Å². The number of nitrogens with zero attached hydrogens (tertiary/aromatic N) is 4. The molecule has 0 aliphatic rings. The summed E-state index contributed by atoms with van der Waals surface area (Å²) in [4.78, 5) is 20.6. The van der Waals surface area contributed by atoms with Gasteiger partial charge in [0.05, 0.1) is 37.7 Å². The molecule has 10 nitrogen and oxygen atoms in total. The van der Waals surface area contributed by atoms with Gasteiger partial charge in [-0.2, -0.15) is 4.98 Å². The number of rotatable bonds is 7. The summed E-state index contributed by atoms with van der Waals surface area (Å²) in [6, 6.07) is 10.2. The number of hydrogen-bond acceptors (Lipinski definition) is 8. The normalized spacial score (nSPS) is 10.8. The molecule has 0 aliphatic carbocycles.